The first-order chi connectivity index (χ1) is 45.5. The van der Waals surface area contributed by atoms with E-state index in [2.05, 4.69) is 58.9 Å². The maximum absolute atomic E-state index is 13.1. The van der Waals surface area contributed by atoms with Gasteiger partial charge < -0.3 is 33.8 Å². The lowest BCUT2D eigenvalue weighted by Crippen LogP contribution is -2.30. The van der Waals surface area contributed by atoms with Gasteiger partial charge in [0.1, 0.15) is 19.3 Å². The third-order valence-electron chi connectivity index (χ3n) is 16.9. The van der Waals surface area contributed by atoms with Crippen molar-refractivity contribution in [2.24, 2.45) is 5.92 Å². The number of phosphoric acid groups is 2. The van der Waals surface area contributed by atoms with Crippen molar-refractivity contribution >= 4 is 39.5 Å². The van der Waals surface area contributed by atoms with E-state index >= 15 is 0 Å². The lowest BCUT2D eigenvalue weighted by Gasteiger charge is -2.21. The Hall–Kier alpha value is -2.46. The second-order valence-corrected chi connectivity index (χ2v) is 29.7. The molecule has 0 spiro atoms. The topological polar surface area (TPSA) is 237 Å². The van der Waals surface area contributed by atoms with E-state index in [1.807, 2.05) is 0 Å². The zero-order chi connectivity index (χ0) is 69.1. The molecule has 17 nitrogen and oxygen atoms in total. The fraction of sp³-hybridized carbons (Fsp3) is 0.893. The average molecular weight is 1380 g/mol. The van der Waals surface area contributed by atoms with Gasteiger partial charge in [-0.15, -0.1) is 0 Å². The molecule has 0 radical (unpaired) electrons. The first kappa shape index (κ1) is 91.5. The molecule has 554 valence electrons. The van der Waals surface area contributed by atoms with Crippen molar-refractivity contribution in [2.75, 3.05) is 39.6 Å². The number of aliphatic hydroxyl groups is 1. The number of esters is 4. The molecule has 0 aliphatic carbocycles. The quantitative estimate of drug-likeness (QED) is 0.0169. The Labute approximate surface area is 573 Å². The zero-order valence-electron chi connectivity index (χ0n) is 60.6. The van der Waals surface area contributed by atoms with Gasteiger partial charge >= 0.3 is 39.5 Å². The summed E-state index contributed by atoms with van der Waals surface area (Å²) in [4.78, 5) is 72.6. The van der Waals surface area contributed by atoms with Crippen LogP contribution >= 0.6 is 15.6 Å². The number of phosphoric ester groups is 2. The molecule has 0 aliphatic rings. The normalized spacial score (nSPS) is 14.1. The number of aliphatic hydroxyl groups excluding tert-OH is 1. The predicted octanol–water partition coefficient (Wildman–Crippen LogP) is 21.6. The van der Waals surface area contributed by atoms with Gasteiger partial charge in [-0.3, -0.25) is 37.3 Å². The van der Waals surface area contributed by atoms with E-state index in [0.29, 0.717) is 25.7 Å². The Morgan fingerprint density at radius 2 is 0.574 bits per heavy atom. The largest absolute Gasteiger partial charge is 0.472 e. The van der Waals surface area contributed by atoms with Gasteiger partial charge in [0.25, 0.3) is 0 Å². The molecule has 19 heteroatoms. The first-order valence-corrected chi connectivity index (χ1v) is 41.4. The van der Waals surface area contributed by atoms with E-state index in [1.54, 1.807) is 0 Å². The van der Waals surface area contributed by atoms with Crippen molar-refractivity contribution in [2.45, 2.75) is 387 Å². The molecule has 0 fully saturated rings. The van der Waals surface area contributed by atoms with Crippen LogP contribution in [-0.4, -0.2) is 96.7 Å². The van der Waals surface area contributed by atoms with Crippen molar-refractivity contribution in [1.82, 2.24) is 0 Å². The van der Waals surface area contributed by atoms with Crippen molar-refractivity contribution in [3.8, 4) is 0 Å². The van der Waals surface area contributed by atoms with E-state index in [0.717, 1.165) is 115 Å². The molecular weight excluding hydrogens is 1230 g/mol. The molecular formula is C75H142O17P2. The summed E-state index contributed by atoms with van der Waals surface area (Å²) in [6.45, 7) is 7.23. The second-order valence-electron chi connectivity index (χ2n) is 26.8. The Morgan fingerprint density at radius 3 is 0.872 bits per heavy atom. The van der Waals surface area contributed by atoms with E-state index < -0.39 is 97.5 Å². The van der Waals surface area contributed by atoms with E-state index in [1.165, 1.54) is 173 Å². The third kappa shape index (κ3) is 68.1. The van der Waals surface area contributed by atoms with Crippen LogP contribution in [0.4, 0.5) is 0 Å². The molecule has 94 heavy (non-hydrogen) atoms. The number of unbranched alkanes of at least 4 members (excludes halogenated alkanes) is 42. The molecule has 0 aromatic carbocycles. The van der Waals surface area contributed by atoms with Crippen LogP contribution in [0.1, 0.15) is 369 Å². The summed E-state index contributed by atoms with van der Waals surface area (Å²) < 4.78 is 68.4. The summed E-state index contributed by atoms with van der Waals surface area (Å²) in [6, 6.07) is 0. The van der Waals surface area contributed by atoms with Gasteiger partial charge in [0.15, 0.2) is 12.2 Å². The molecule has 0 aromatic rings. The highest BCUT2D eigenvalue weighted by Crippen LogP contribution is 2.45. The maximum atomic E-state index is 13.1. The molecule has 0 heterocycles. The molecule has 5 atom stereocenters. The van der Waals surface area contributed by atoms with Gasteiger partial charge in [-0.1, -0.05) is 316 Å². The maximum Gasteiger partial charge on any atom is 0.472 e. The molecule has 0 rings (SSSR count). The highest BCUT2D eigenvalue weighted by Gasteiger charge is 2.30. The molecule has 0 saturated heterocycles. The molecule has 0 saturated carbocycles. The number of hydrogen-bond acceptors (Lipinski definition) is 15. The molecule has 3 N–H and O–H groups in total. The standard InChI is InChI=1S/C75H142O17P2/c1-6-9-12-15-18-21-23-24-27-31-35-39-44-49-54-59-73(78)86-65-71(92-75(80)61-56-51-46-41-36-32-29-26-25-28-30-34-38-42-47-52-57-68(4)5)67-90-94(83,84)88-63-69(76)62-87-93(81,82)89-66-70(64-85-72(77)58-53-48-43-37-20-17-14-11-8-3)91-74(79)60-55-50-45-40-33-22-19-16-13-10-7-2/h21,23-24,27,68-71,76H,6-20,22,25-26,28-67H2,1-5H3,(H,81,82)(H,83,84)/b23-21-,27-24-/t69-,70+,71+/m0/s1. The highest BCUT2D eigenvalue weighted by atomic mass is 31.2. The number of ether oxygens (including phenoxy) is 4. The summed E-state index contributed by atoms with van der Waals surface area (Å²) in [5.74, 6) is -1.34. The Morgan fingerprint density at radius 1 is 0.330 bits per heavy atom. The van der Waals surface area contributed by atoms with E-state index in [-0.39, 0.29) is 25.7 Å². The number of carbonyl (C=O) groups is 4. The lowest BCUT2D eigenvalue weighted by molar-refractivity contribution is -0.161. The van der Waals surface area contributed by atoms with Crippen molar-refractivity contribution < 1.29 is 80.2 Å². The van der Waals surface area contributed by atoms with Crippen LogP contribution in [0, 0.1) is 5.92 Å². The minimum Gasteiger partial charge on any atom is -0.462 e. The Bertz CT molecular complexity index is 1900. The summed E-state index contributed by atoms with van der Waals surface area (Å²) in [5.41, 5.74) is 0. The van der Waals surface area contributed by atoms with Crippen molar-refractivity contribution in [1.29, 1.82) is 0 Å². The highest BCUT2D eigenvalue weighted by molar-refractivity contribution is 7.47. The number of allylic oxidation sites excluding steroid dienone is 4. The third-order valence-corrected chi connectivity index (χ3v) is 18.8. The molecule has 0 aliphatic heterocycles. The summed E-state index contributed by atoms with van der Waals surface area (Å²) >= 11 is 0. The van der Waals surface area contributed by atoms with Crippen LogP contribution in [0.2, 0.25) is 0 Å². The van der Waals surface area contributed by atoms with Crippen molar-refractivity contribution in [3.05, 3.63) is 24.3 Å². The number of rotatable bonds is 73. The SMILES string of the molecule is CCCCCC/C=C\C=C/CCCCCCCC(=O)OC[C@H](COP(=O)(O)OC[C@@H](O)COP(=O)(O)OC[C@@H](COC(=O)CCCCCCCCCCC)OC(=O)CCCCCCCCCCCCC)OC(=O)CCCCCCCCCCCCCCCCCCC(C)C. The van der Waals surface area contributed by atoms with Crippen molar-refractivity contribution in [3.63, 3.8) is 0 Å². The van der Waals surface area contributed by atoms with Gasteiger partial charge in [0, 0.05) is 25.7 Å². The molecule has 2 unspecified atom stereocenters. The van der Waals surface area contributed by atoms with Gasteiger partial charge in [-0.2, -0.15) is 0 Å². The second kappa shape index (κ2) is 67.7. The van der Waals surface area contributed by atoms with Gasteiger partial charge in [-0.25, -0.2) is 9.13 Å². The predicted molar refractivity (Wildman–Crippen MR) is 381 cm³/mol. The fourth-order valence-electron chi connectivity index (χ4n) is 11.0. The monoisotopic (exact) mass is 1380 g/mol. The molecule has 0 amide bonds. The first-order valence-electron chi connectivity index (χ1n) is 38.5. The lowest BCUT2D eigenvalue weighted by atomic mass is 10.0. The van der Waals surface area contributed by atoms with Gasteiger partial charge in [-0.05, 0) is 57.3 Å². The summed E-state index contributed by atoms with van der Waals surface area (Å²) in [5, 5.41) is 10.6. The van der Waals surface area contributed by atoms with E-state index in [4.69, 9.17) is 37.0 Å². The minimum absolute atomic E-state index is 0.101. The minimum atomic E-state index is -4.96. The number of hydrogen-bond donors (Lipinski definition) is 3. The smallest absolute Gasteiger partial charge is 0.462 e. The Kier molecular flexibility index (Phi) is 65.9. The van der Waals surface area contributed by atoms with Crippen LogP contribution in [0.15, 0.2) is 24.3 Å². The van der Waals surface area contributed by atoms with Crippen LogP contribution in [0.3, 0.4) is 0 Å². The van der Waals surface area contributed by atoms with Crippen LogP contribution < -0.4 is 0 Å². The zero-order valence-corrected chi connectivity index (χ0v) is 62.4. The fourth-order valence-corrected chi connectivity index (χ4v) is 12.6. The van der Waals surface area contributed by atoms with Crippen LogP contribution in [-0.2, 0) is 65.4 Å². The Balaban J connectivity index is 5.24. The molecule has 0 bridgehead atoms. The van der Waals surface area contributed by atoms with Crippen LogP contribution in [0.5, 0.6) is 0 Å². The molecule has 0 aromatic heterocycles. The van der Waals surface area contributed by atoms with Gasteiger partial charge in [0.05, 0.1) is 26.4 Å². The summed E-state index contributed by atoms with van der Waals surface area (Å²) in [7, 11) is -9.92. The van der Waals surface area contributed by atoms with Gasteiger partial charge in [0.2, 0.25) is 0 Å². The number of carbonyl (C=O) groups excluding carboxylic acids is 4. The van der Waals surface area contributed by atoms with E-state index in [9.17, 15) is 43.2 Å². The van der Waals surface area contributed by atoms with Crippen LogP contribution in [0.25, 0.3) is 0 Å². The summed E-state index contributed by atoms with van der Waals surface area (Å²) in [6.07, 6.45) is 59.0. The average Bonchev–Trinajstić information content (AvgIpc) is 1.18.